The Morgan fingerprint density at radius 1 is 1.07 bits per heavy atom. The van der Waals surface area contributed by atoms with Crippen LogP contribution in [0, 0.1) is 0 Å². The number of thiophene rings is 1. The van der Waals surface area contributed by atoms with E-state index in [9.17, 15) is 9.59 Å². The number of amides is 1. The van der Waals surface area contributed by atoms with E-state index in [1.165, 1.54) is 42.5 Å². The van der Waals surface area contributed by atoms with Crippen molar-refractivity contribution in [2.24, 2.45) is 0 Å². The third-order valence-electron chi connectivity index (χ3n) is 5.97. The molecule has 2 aromatic heterocycles. The zero-order valence-electron chi connectivity index (χ0n) is 16.5. The van der Waals surface area contributed by atoms with Crippen molar-refractivity contribution in [3.8, 4) is 0 Å². The highest BCUT2D eigenvalue weighted by molar-refractivity contribution is 7.18. The van der Waals surface area contributed by atoms with Crippen LogP contribution < -0.4 is 10.9 Å². The summed E-state index contributed by atoms with van der Waals surface area (Å²) in [5, 5.41) is 3.80. The summed E-state index contributed by atoms with van der Waals surface area (Å²) in [5.41, 5.74) is 1.22. The molecule has 152 valence electrons. The van der Waals surface area contributed by atoms with Crippen LogP contribution in [-0.2, 0) is 24.2 Å². The van der Waals surface area contributed by atoms with Crippen molar-refractivity contribution in [1.29, 1.82) is 0 Å². The predicted molar refractivity (Wildman–Crippen MR) is 113 cm³/mol. The van der Waals surface area contributed by atoms with Gasteiger partial charge in [-0.3, -0.25) is 14.2 Å². The van der Waals surface area contributed by atoms with Crippen molar-refractivity contribution < 1.29 is 4.79 Å². The number of nitrogens with one attached hydrogen (secondary N) is 1. The van der Waals surface area contributed by atoms with Gasteiger partial charge in [-0.25, -0.2) is 4.98 Å². The molecule has 1 N–H and O–H groups in total. The molecule has 1 aliphatic heterocycles. The maximum absolute atomic E-state index is 12.9. The Labute approximate surface area is 169 Å². The molecule has 0 atom stereocenters. The number of rotatable bonds is 6. The molecule has 0 radical (unpaired) electrons. The van der Waals surface area contributed by atoms with Crippen LogP contribution in [0.2, 0.25) is 0 Å². The minimum absolute atomic E-state index is 0.00849. The molecular formula is C21H30N4O2S. The molecule has 2 aromatic rings. The Hall–Kier alpha value is -1.73. The van der Waals surface area contributed by atoms with Crippen LogP contribution in [0.25, 0.3) is 10.2 Å². The first-order valence-electron chi connectivity index (χ1n) is 10.7. The van der Waals surface area contributed by atoms with Gasteiger partial charge in [0, 0.05) is 30.9 Å². The van der Waals surface area contributed by atoms with Crippen molar-refractivity contribution in [2.45, 2.75) is 64.3 Å². The van der Waals surface area contributed by atoms with Crippen LogP contribution in [-0.4, -0.2) is 46.5 Å². The summed E-state index contributed by atoms with van der Waals surface area (Å²) in [7, 11) is 0. The second-order valence-corrected chi connectivity index (χ2v) is 9.07. The van der Waals surface area contributed by atoms with Gasteiger partial charge in [-0.15, -0.1) is 11.3 Å². The van der Waals surface area contributed by atoms with Crippen molar-refractivity contribution in [1.82, 2.24) is 19.8 Å². The van der Waals surface area contributed by atoms with Crippen LogP contribution in [0.3, 0.4) is 0 Å². The fraction of sp³-hybridized carbons (Fsp3) is 0.667. The molecule has 2 aliphatic rings. The van der Waals surface area contributed by atoms with Crippen LogP contribution >= 0.6 is 11.3 Å². The van der Waals surface area contributed by atoms with Crippen molar-refractivity contribution in [3.63, 3.8) is 0 Å². The number of hydrogen-bond donors (Lipinski definition) is 1. The first kappa shape index (κ1) is 19.6. The average molecular weight is 403 g/mol. The molecule has 0 spiro atoms. The van der Waals surface area contributed by atoms with E-state index in [1.54, 1.807) is 22.2 Å². The topological polar surface area (TPSA) is 67.2 Å². The van der Waals surface area contributed by atoms with E-state index in [0.717, 1.165) is 49.1 Å². The third-order valence-corrected chi connectivity index (χ3v) is 7.17. The van der Waals surface area contributed by atoms with Gasteiger partial charge >= 0.3 is 0 Å². The van der Waals surface area contributed by atoms with Gasteiger partial charge < -0.3 is 10.2 Å². The van der Waals surface area contributed by atoms with Crippen molar-refractivity contribution >= 4 is 27.5 Å². The highest BCUT2D eigenvalue weighted by Crippen LogP contribution is 2.33. The molecule has 7 heteroatoms. The number of carbonyl (C=O) groups excluding carboxylic acids is 1. The minimum atomic E-state index is 0.00849. The molecule has 28 heavy (non-hydrogen) atoms. The Bertz CT molecular complexity index is 880. The molecule has 1 aliphatic carbocycles. The predicted octanol–water partition coefficient (Wildman–Crippen LogP) is 2.72. The van der Waals surface area contributed by atoms with Gasteiger partial charge in [0.2, 0.25) is 5.91 Å². The lowest BCUT2D eigenvalue weighted by atomic mass is 9.97. The van der Waals surface area contributed by atoms with E-state index in [0.29, 0.717) is 19.5 Å². The highest BCUT2D eigenvalue weighted by Gasteiger charge is 2.20. The second-order valence-electron chi connectivity index (χ2n) is 7.99. The normalized spacial score (nSPS) is 18.0. The number of hydrogen-bond acceptors (Lipinski definition) is 5. The molecule has 1 amide bonds. The highest BCUT2D eigenvalue weighted by atomic mass is 32.1. The lowest BCUT2D eigenvalue weighted by Gasteiger charge is -2.19. The maximum atomic E-state index is 12.9. The van der Waals surface area contributed by atoms with Crippen LogP contribution in [0.4, 0.5) is 0 Å². The molecular weight excluding hydrogens is 372 g/mol. The molecule has 3 heterocycles. The van der Waals surface area contributed by atoms with Crippen LogP contribution in [0.1, 0.15) is 55.4 Å². The van der Waals surface area contributed by atoms with E-state index < -0.39 is 0 Å². The molecule has 1 fully saturated rings. The van der Waals surface area contributed by atoms with Gasteiger partial charge in [0.15, 0.2) is 0 Å². The van der Waals surface area contributed by atoms with E-state index in [-0.39, 0.29) is 11.5 Å². The standard InChI is InChI=1S/C21H30N4O2S/c26-18(22-10-14-24-11-5-1-2-6-12-24)9-13-25-15-23-20-19(21(25)27)16-7-3-4-8-17(16)28-20/h15H,1-14H2,(H,22,26). The van der Waals surface area contributed by atoms with Crippen LogP contribution in [0.15, 0.2) is 11.1 Å². The summed E-state index contributed by atoms with van der Waals surface area (Å²) >= 11 is 1.66. The zero-order valence-corrected chi connectivity index (χ0v) is 17.4. The quantitative estimate of drug-likeness (QED) is 0.807. The maximum Gasteiger partial charge on any atom is 0.262 e. The smallest absolute Gasteiger partial charge is 0.262 e. The summed E-state index contributed by atoms with van der Waals surface area (Å²) in [5.74, 6) is 0.00849. The van der Waals surface area contributed by atoms with Gasteiger partial charge in [0.1, 0.15) is 4.83 Å². The number of aryl methyl sites for hydroxylation is 3. The molecule has 0 unspecified atom stereocenters. The lowest BCUT2D eigenvalue weighted by molar-refractivity contribution is -0.121. The Morgan fingerprint density at radius 3 is 2.68 bits per heavy atom. The first-order chi connectivity index (χ1) is 13.7. The molecule has 6 nitrogen and oxygen atoms in total. The number of carbonyl (C=O) groups is 1. The van der Waals surface area contributed by atoms with Gasteiger partial charge in [-0.1, -0.05) is 12.8 Å². The summed E-state index contributed by atoms with van der Waals surface area (Å²) in [6.07, 6.45) is 11.5. The van der Waals surface area contributed by atoms with Gasteiger partial charge in [0.25, 0.3) is 5.56 Å². The monoisotopic (exact) mass is 402 g/mol. The SMILES string of the molecule is O=C(CCn1cnc2sc3c(c2c1=O)CCCC3)NCCN1CCCCCC1. The summed E-state index contributed by atoms with van der Waals surface area (Å²) in [6.45, 7) is 4.27. The van der Waals surface area contributed by atoms with Gasteiger partial charge in [-0.05, 0) is 57.2 Å². The minimum Gasteiger partial charge on any atom is -0.355 e. The van der Waals surface area contributed by atoms with E-state index in [4.69, 9.17) is 0 Å². The third kappa shape index (κ3) is 4.46. The second kappa shape index (κ2) is 9.18. The van der Waals surface area contributed by atoms with E-state index in [1.807, 2.05) is 0 Å². The molecule has 0 aromatic carbocycles. The van der Waals surface area contributed by atoms with E-state index >= 15 is 0 Å². The molecule has 0 bridgehead atoms. The Morgan fingerprint density at radius 2 is 1.86 bits per heavy atom. The van der Waals surface area contributed by atoms with Gasteiger partial charge in [0.05, 0.1) is 11.7 Å². The average Bonchev–Trinajstić information content (AvgIpc) is 2.88. The lowest BCUT2D eigenvalue weighted by Crippen LogP contribution is -2.36. The fourth-order valence-corrected chi connectivity index (χ4v) is 5.58. The molecule has 1 saturated heterocycles. The Kier molecular flexibility index (Phi) is 6.42. The first-order valence-corrected chi connectivity index (χ1v) is 11.5. The fourth-order valence-electron chi connectivity index (χ4n) is 4.36. The number of fused-ring (bicyclic) bond motifs is 3. The summed E-state index contributed by atoms with van der Waals surface area (Å²) in [6, 6.07) is 0. The summed E-state index contributed by atoms with van der Waals surface area (Å²) < 4.78 is 1.61. The number of nitrogens with zero attached hydrogens (tertiary/aromatic N) is 3. The van der Waals surface area contributed by atoms with E-state index in [2.05, 4.69) is 15.2 Å². The Balaban J connectivity index is 1.31. The zero-order chi connectivity index (χ0) is 19.3. The van der Waals surface area contributed by atoms with Gasteiger partial charge in [-0.2, -0.15) is 0 Å². The van der Waals surface area contributed by atoms with Crippen molar-refractivity contribution in [2.75, 3.05) is 26.2 Å². The number of aromatic nitrogens is 2. The van der Waals surface area contributed by atoms with Crippen molar-refractivity contribution in [3.05, 3.63) is 27.1 Å². The van der Waals surface area contributed by atoms with Crippen LogP contribution in [0.5, 0.6) is 0 Å². The summed E-state index contributed by atoms with van der Waals surface area (Å²) in [4.78, 5) is 34.3. The molecule has 0 saturated carbocycles. The largest absolute Gasteiger partial charge is 0.355 e. The number of likely N-dealkylation sites (tertiary alicyclic amines) is 1. The molecule has 4 rings (SSSR count).